The first kappa shape index (κ1) is 17.9. The SMILES string of the molecule is O=C(O[C@H]1CN2CCC1CC2)[C@](O)(c1ccccc1)c1ccc([125I])cc1. The number of piperidine rings is 3. The molecule has 3 heterocycles. The first-order chi connectivity index (χ1) is 12.6. The molecule has 2 bridgehead atoms. The molecule has 5 rings (SSSR count). The summed E-state index contributed by atoms with van der Waals surface area (Å²) in [6.45, 7) is 2.94. The van der Waals surface area contributed by atoms with Crippen LogP contribution in [0.2, 0.25) is 0 Å². The third-order valence-corrected chi connectivity index (χ3v) is 6.32. The molecule has 3 aliphatic rings. The fraction of sp³-hybridized carbons (Fsp3) is 0.381. The highest BCUT2D eigenvalue weighted by Gasteiger charge is 2.45. The van der Waals surface area contributed by atoms with Crippen LogP contribution in [0, 0.1) is 9.49 Å². The Kier molecular flexibility index (Phi) is 5.03. The lowest BCUT2D eigenvalue weighted by Crippen LogP contribution is -2.53. The minimum atomic E-state index is -1.79. The third-order valence-electron chi connectivity index (χ3n) is 5.60. The van der Waals surface area contributed by atoms with Crippen LogP contribution in [0.25, 0.3) is 0 Å². The smallest absolute Gasteiger partial charge is 0.348 e. The summed E-state index contributed by atoms with van der Waals surface area (Å²) >= 11 is 2.21. The zero-order valence-electron chi connectivity index (χ0n) is 14.5. The summed E-state index contributed by atoms with van der Waals surface area (Å²) in [5.74, 6) is -0.177. The number of benzene rings is 2. The van der Waals surface area contributed by atoms with Crippen LogP contribution in [0.3, 0.4) is 0 Å². The number of esters is 1. The standard InChI is InChI=1S/C21H22INO3/c22-18-8-6-17(7-9-18)21(25,16-4-2-1-3-5-16)20(24)26-19-14-23-12-10-15(19)11-13-23/h1-9,15,19,25H,10-14H2/t19-,21-/m0/s1/i22-2. The van der Waals surface area contributed by atoms with Crippen molar-refractivity contribution < 1.29 is 14.6 Å². The number of fused-ring (bicyclic) bond motifs is 3. The number of nitrogens with zero attached hydrogens (tertiary/aromatic N) is 1. The zero-order valence-corrected chi connectivity index (χ0v) is 16.6. The van der Waals surface area contributed by atoms with Crippen LogP contribution < -0.4 is 0 Å². The van der Waals surface area contributed by atoms with Gasteiger partial charge in [-0.3, -0.25) is 4.90 Å². The molecule has 0 unspecified atom stereocenters. The topological polar surface area (TPSA) is 49.8 Å². The van der Waals surface area contributed by atoms with Crippen molar-refractivity contribution in [2.24, 2.45) is 5.92 Å². The molecule has 0 aromatic heterocycles. The number of hydrogen-bond acceptors (Lipinski definition) is 4. The largest absolute Gasteiger partial charge is 0.458 e. The summed E-state index contributed by atoms with van der Waals surface area (Å²) in [5.41, 5.74) is -0.722. The van der Waals surface area contributed by atoms with E-state index in [0.29, 0.717) is 17.0 Å². The quantitative estimate of drug-likeness (QED) is 0.562. The summed E-state index contributed by atoms with van der Waals surface area (Å²) in [6.07, 6.45) is 1.99. The van der Waals surface area contributed by atoms with E-state index < -0.39 is 11.6 Å². The summed E-state index contributed by atoms with van der Waals surface area (Å²) in [7, 11) is 0. The fourth-order valence-electron chi connectivity index (χ4n) is 4.04. The monoisotopic (exact) mass is 461 g/mol. The first-order valence-corrected chi connectivity index (χ1v) is 10.1. The molecule has 3 aliphatic heterocycles. The van der Waals surface area contributed by atoms with E-state index in [9.17, 15) is 9.90 Å². The Morgan fingerprint density at radius 1 is 1.04 bits per heavy atom. The molecular weight excluding hydrogens is 439 g/mol. The number of ether oxygens (including phenoxy) is 1. The highest BCUT2D eigenvalue weighted by Crippen LogP contribution is 2.35. The Balaban J connectivity index is 1.66. The number of aliphatic hydroxyl groups is 1. The molecule has 26 heavy (non-hydrogen) atoms. The highest BCUT2D eigenvalue weighted by atomic mass is 125. The van der Waals surface area contributed by atoms with E-state index in [1.807, 2.05) is 30.3 Å². The maximum atomic E-state index is 13.2. The van der Waals surface area contributed by atoms with Gasteiger partial charge in [0.15, 0.2) is 0 Å². The van der Waals surface area contributed by atoms with Gasteiger partial charge in [-0.2, -0.15) is 0 Å². The molecule has 0 spiro atoms. The van der Waals surface area contributed by atoms with Crippen LogP contribution in [0.4, 0.5) is 0 Å². The Bertz CT molecular complexity index is 772. The lowest BCUT2D eigenvalue weighted by molar-refractivity contribution is -0.177. The molecule has 0 saturated carbocycles. The molecule has 0 radical (unpaired) electrons. The molecule has 2 aromatic carbocycles. The molecule has 3 saturated heterocycles. The Morgan fingerprint density at radius 2 is 1.65 bits per heavy atom. The molecule has 3 fully saturated rings. The van der Waals surface area contributed by atoms with Crippen molar-refractivity contribution in [3.63, 3.8) is 0 Å². The van der Waals surface area contributed by atoms with E-state index in [4.69, 9.17) is 4.74 Å². The van der Waals surface area contributed by atoms with Crippen molar-refractivity contribution >= 4 is 28.6 Å². The summed E-state index contributed by atoms with van der Waals surface area (Å²) < 4.78 is 6.95. The van der Waals surface area contributed by atoms with Crippen LogP contribution >= 0.6 is 22.6 Å². The lowest BCUT2D eigenvalue weighted by Gasteiger charge is -2.44. The maximum Gasteiger partial charge on any atom is 0.348 e. The van der Waals surface area contributed by atoms with E-state index in [-0.39, 0.29) is 6.10 Å². The summed E-state index contributed by atoms with van der Waals surface area (Å²) in [6, 6.07) is 16.5. The number of hydrogen-bond donors (Lipinski definition) is 1. The van der Waals surface area contributed by atoms with Crippen LogP contribution in [0.1, 0.15) is 24.0 Å². The van der Waals surface area contributed by atoms with Gasteiger partial charge in [0.1, 0.15) is 6.10 Å². The fourth-order valence-corrected chi connectivity index (χ4v) is 4.40. The molecular formula is C21H22INO3. The number of carbonyl (C=O) groups is 1. The van der Waals surface area contributed by atoms with E-state index in [0.717, 1.165) is 36.0 Å². The van der Waals surface area contributed by atoms with E-state index in [2.05, 4.69) is 27.5 Å². The predicted molar refractivity (Wildman–Crippen MR) is 108 cm³/mol. The summed E-state index contributed by atoms with van der Waals surface area (Å²) in [4.78, 5) is 15.5. The Hall–Kier alpha value is -1.44. The van der Waals surface area contributed by atoms with Gasteiger partial charge in [-0.25, -0.2) is 4.79 Å². The predicted octanol–water partition coefficient (Wildman–Crippen LogP) is 3.16. The van der Waals surface area contributed by atoms with Crippen molar-refractivity contribution in [1.29, 1.82) is 0 Å². The maximum absolute atomic E-state index is 13.2. The molecule has 136 valence electrons. The van der Waals surface area contributed by atoms with Gasteiger partial charge in [0.2, 0.25) is 5.60 Å². The van der Waals surface area contributed by atoms with Gasteiger partial charge in [0.05, 0.1) is 0 Å². The number of halogens is 1. The second-order valence-electron chi connectivity index (χ2n) is 7.17. The third kappa shape index (κ3) is 3.28. The van der Waals surface area contributed by atoms with E-state index in [1.54, 1.807) is 24.3 Å². The molecule has 4 nitrogen and oxygen atoms in total. The van der Waals surface area contributed by atoms with Crippen molar-refractivity contribution in [2.45, 2.75) is 24.5 Å². The lowest BCUT2D eigenvalue weighted by atomic mass is 9.84. The average Bonchev–Trinajstić information content (AvgIpc) is 2.69. The molecule has 0 amide bonds. The minimum absolute atomic E-state index is 0.135. The molecule has 2 atom stereocenters. The highest BCUT2D eigenvalue weighted by molar-refractivity contribution is 14.1. The Morgan fingerprint density at radius 3 is 2.23 bits per heavy atom. The molecule has 1 N–H and O–H groups in total. The van der Waals surface area contributed by atoms with Gasteiger partial charge >= 0.3 is 5.97 Å². The normalized spacial score (nSPS) is 26.9. The number of rotatable bonds is 4. The van der Waals surface area contributed by atoms with Gasteiger partial charge < -0.3 is 9.84 Å². The van der Waals surface area contributed by atoms with Crippen LogP contribution in [-0.4, -0.2) is 41.7 Å². The van der Waals surface area contributed by atoms with Crippen molar-refractivity contribution in [1.82, 2.24) is 4.90 Å². The van der Waals surface area contributed by atoms with Gasteiger partial charge in [0, 0.05) is 10.1 Å². The molecule has 2 aromatic rings. The van der Waals surface area contributed by atoms with Crippen LogP contribution in [0.15, 0.2) is 54.6 Å². The summed E-state index contributed by atoms with van der Waals surface area (Å²) in [5, 5.41) is 11.5. The van der Waals surface area contributed by atoms with Gasteiger partial charge in [0.25, 0.3) is 0 Å². The molecule has 0 aliphatic carbocycles. The zero-order chi connectivity index (χ0) is 18.1. The number of carbonyl (C=O) groups excluding carboxylic acids is 1. The second-order valence-corrected chi connectivity index (χ2v) is 8.41. The molecule has 5 heteroatoms. The second kappa shape index (κ2) is 7.29. The van der Waals surface area contributed by atoms with Crippen molar-refractivity contribution in [3.8, 4) is 0 Å². The van der Waals surface area contributed by atoms with Crippen molar-refractivity contribution in [3.05, 3.63) is 69.3 Å². The Labute approximate surface area is 167 Å². The van der Waals surface area contributed by atoms with Gasteiger partial charge in [-0.05, 0) is 77.7 Å². The van der Waals surface area contributed by atoms with Gasteiger partial charge in [-0.15, -0.1) is 0 Å². The van der Waals surface area contributed by atoms with E-state index in [1.165, 1.54) is 0 Å². The minimum Gasteiger partial charge on any atom is -0.458 e. The van der Waals surface area contributed by atoms with Crippen molar-refractivity contribution in [2.75, 3.05) is 19.6 Å². The van der Waals surface area contributed by atoms with E-state index >= 15 is 0 Å². The van der Waals surface area contributed by atoms with Gasteiger partial charge in [-0.1, -0.05) is 42.5 Å². The van der Waals surface area contributed by atoms with Crippen LogP contribution in [-0.2, 0) is 15.1 Å². The average molecular weight is 461 g/mol. The van der Waals surface area contributed by atoms with Crippen LogP contribution in [0.5, 0.6) is 0 Å². The first-order valence-electron chi connectivity index (χ1n) is 9.05.